The van der Waals surface area contributed by atoms with Crippen LogP contribution in [0.2, 0.25) is 0 Å². The normalized spacial score (nSPS) is 35.7. The summed E-state index contributed by atoms with van der Waals surface area (Å²) >= 11 is 0. The van der Waals surface area contributed by atoms with Gasteiger partial charge in [0.1, 0.15) is 6.10 Å². The molecule has 0 radical (unpaired) electrons. The van der Waals surface area contributed by atoms with Gasteiger partial charge >= 0.3 is 7.60 Å². The Morgan fingerprint density at radius 1 is 1.60 bits per heavy atom. The minimum atomic E-state index is -3.55. The van der Waals surface area contributed by atoms with Crippen molar-refractivity contribution in [1.29, 1.82) is 0 Å². The van der Waals surface area contributed by atoms with E-state index in [1.807, 2.05) is 6.92 Å². The van der Waals surface area contributed by atoms with Gasteiger partial charge in [-0.3, -0.25) is 4.57 Å². The second-order valence-electron chi connectivity index (χ2n) is 4.24. The molecule has 1 fully saturated rings. The van der Waals surface area contributed by atoms with Crippen molar-refractivity contribution in [3.05, 3.63) is 0 Å². The van der Waals surface area contributed by atoms with Crippen molar-refractivity contribution in [3.63, 3.8) is 0 Å². The van der Waals surface area contributed by atoms with Crippen LogP contribution in [0.4, 0.5) is 0 Å². The zero-order valence-electron chi connectivity index (χ0n) is 9.29. The number of aliphatic hydroxyl groups excluding tert-OH is 1. The van der Waals surface area contributed by atoms with Crippen molar-refractivity contribution in [2.24, 2.45) is 0 Å². The van der Waals surface area contributed by atoms with E-state index in [2.05, 4.69) is 0 Å². The molecule has 0 bridgehead atoms. The van der Waals surface area contributed by atoms with E-state index < -0.39 is 25.5 Å². The molecule has 5 nitrogen and oxygen atoms in total. The third kappa shape index (κ3) is 3.54. The molecule has 90 valence electrons. The summed E-state index contributed by atoms with van der Waals surface area (Å²) in [5, 5.41) is 9.52. The first kappa shape index (κ1) is 13.1. The first-order chi connectivity index (χ1) is 6.83. The number of aliphatic hydroxyl groups is 1. The standard InChI is InChI=1S/C9H19O5P/c1-6(2)15(11,12)13-5-9-8(10)4-7(3)14-9/h6-10H,4-5H2,1-3H3,(H,11,12). The van der Waals surface area contributed by atoms with Crippen molar-refractivity contribution in [3.8, 4) is 0 Å². The maximum Gasteiger partial charge on any atom is 0.330 e. The molecule has 6 heteroatoms. The van der Waals surface area contributed by atoms with Crippen molar-refractivity contribution in [2.45, 2.75) is 51.2 Å². The monoisotopic (exact) mass is 238 g/mol. The van der Waals surface area contributed by atoms with Gasteiger partial charge in [0.05, 0.1) is 24.5 Å². The third-order valence-electron chi connectivity index (χ3n) is 2.49. The lowest BCUT2D eigenvalue weighted by molar-refractivity contribution is -0.0132. The first-order valence-corrected chi connectivity index (χ1v) is 6.78. The van der Waals surface area contributed by atoms with Gasteiger partial charge in [-0.25, -0.2) is 0 Å². The molecular weight excluding hydrogens is 219 g/mol. The molecule has 0 amide bonds. The topological polar surface area (TPSA) is 76.0 Å². The Labute approximate surface area is 89.9 Å². The second-order valence-corrected chi connectivity index (χ2v) is 6.66. The zero-order chi connectivity index (χ0) is 11.6. The Balaban J connectivity index is 2.41. The zero-order valence-corrected chi connectivity index (χ0v) is 10.2. The van der Waals surface area contributed by atoms with E-state index in [1.54, 1.807) is 13.8 Å². The maximum absolute atomic E-state index is 11.5. The third-order valence-corrected chi connectivity index (χ3v) is 4.31. The summed E-state index contributed by atoms with van der Waals surface area (Å²) in [6.45, 7) is 5.06. The van der Waals surface area contributed by atoms with E-state index in [0.29, 0.717) is 6.42 Å². The highest BCUT2D eigenvalue weighted by Gasteiger charge is 2.34. The summed E-state index contributed by atoms with van der Waals surface area (Å²) in [5.74, 6) is 0. The van der Waals surface area contributed by atoms with Gasteiger partial charge in [0, 0.05) is 6.42 Å². The van der Waals surface area contributed by atoms with Gasteiger partial charge in [-0.1, -0.05) is 13.8 Å². The van der Waals surface area contributed by atoms with Gasteiger partial charge < -0.3 is 19.3 Å². The van der Waals surface area contributed by atoms with Crippen LogP contribution in [0, 0.1) is 0 Å². The Morgan fingerprint density at radius 2 is 2.20 bits per heavy atom. The Kier molecular flexibility index (Phi) is 4.32. The quantitative estimate of drug-likeness (QED) is 0.718. The fraction of sp³-hybridized carbons (Fsp3) is 1.00. The maximum atomic E-state index is 11.5. The van der Waals surface area contributed by atoms with Crippen LogP contribution in [0.5, 0.6) is 0 Å². The summed E-state index contributed by atoms with van der Waals surface area (Å²) in [4.78, 5) is 9.40. The minimum Gasteiger partial charge on any atom is -0.390 e. The molecule has 4 atom stereocenters. The van der Waals surface area contributed by atoms with Crippen molar-refractivity contribution in [2.75, 3.05) is 6.61 Å². The van der Waals surface area contributed by atoms with E-state index in [0.717, 1.165) is 0 Å². The van der Waals surface area contributed by atoms with Crippen molar-refractivity contribution < 1.29 is 23.8 Å². The van der Waals surface area contributed by atoms with Gasteiger partial charge in [-0.05, 0) is 6.92 Å². The molecule has 0 aliphatic carbocycles. The van der Waals surface area contributed by atoms with Crippen LogP contribution in [-0.2, 0) is 13.8 Å². The van der Waals surface area contributed by atoms with Crippen LogP contribution in [0.15, 0.2) is 0 Å². The molecule has 1 rings (SSSR count). The highest BCUT2D eigenvalue weighted by molar-refractivity contribution is 7.53. The summed E-state index contributed by atoms with van der Waals surface area (Å²) in [7, 11) is -3.55. The Bertz CT molecular complexity index is 255. The molecule has 1 heterocycles. The van der Waals surface area contributed by atoms with Gasteiger partial charge in [-0.2, -0.15) is 0 Å². The van der Waals surface area contributed by atoms with Crippen LogP contribution < -0.4 is 0 Å². The average Bonchev–Trinajstić information content (AvgIpc) is 2.41. The molecule has 1 aliphatic heterocycles. The molecule has 0 saturated carbocycles. The molecule has 1 saturated heterocycles. The minimum absolute atomic E-state index is 0.0225. The molecular formula is C9H19O5P. The molecule has 2 N–H and O–H groups in total. The number of ether oxygens (including phenoxy) is 1. The van der Waals surface area contributed by atoms with Crippen LogP contribution in [0.1, 0.15) is 27.2 Å². The fourth-order valence-electron chi connectivity index (χ4n) is 1.42. The number of hydrogen-bond acceptors (Lipinski definition) is 4. The molecule has 0 aromatic rings. The smallest absolute Gasteiger partial charge is 0.330 e. The molecule has 0 spiro atoms. The molecule has 0 aromatic heterocycles. The van der Waals surface area contributed by atoms with E-state index >= 15 is 0 Å². The van der Waals surface area contributed by atoms with E-state index in [9.17, 15) is 14.6 Å². The fourth-order valence-corrected chi connectivity index (χ4v) is 2.07. The van der Waals surface area contributed by atoms with Crippen molar-refractivity contribution in [1.82, 2.24) is 0 Å². The molecule has 0 aromatic carbocycles. The van der Waals surface area contributed by atoms with Crippen LogP contribution >= 0.6 is 7.60 Å². The summed E-state index contributed by atoms with van der Waals surface area (Å²) < 4.78 is 21.7. The Morgan fingerprint density at radius 3 is 2.60 bits per heavy atom. The summed E-state index contributed by atoms with van der Waals surface area (Å²) in [5.41, 5.74) is -0.437. The SMILES string of the molecule is CC1CC(O)C(COP(=O)(O)C(C)C)O1. The predicted octanol–water partition coefficient (Wildman–Crippen LogP) is 1.14. The van der Waals surface area contributed by atoms with Crippen LogP contribution in [0.25, 0.3) is 0 Å². The van der Waals surface area contributed by atoms with E-state index in [4.69, 9.17) is 9.26 Å². The molecule has 4 unspecified atom stereocenters. The molecule has 1 aliphatic rings. The highest BCUT2D eigenvalue weighted by atomic mass is 31.2. The highest BCUT2D eigenvalue weighted by Crippen LogP contribution is 2.47. The van der Waals surface area contributed by atoms with Gasteiger partial charge in [0.25, 0.3) is 0 Å². The van der Waals surface area contributed by atoms with Gasteiger partial charge in [0.15, 0.2) is 0 Å². The number of hydrogen-bond donors (Lipinski definition) is 2. The average molecular weight is 238 g/mol. The van der Waals surface area contributed by atoms with Gasteiger partial charge in [0.2, 0.25) is 0 Å². The largest absolute Gasteiger partial charge is 0.390 e. The van der Waals surface area contributed by atoms with E-state index in [1.165, 1.54) is 0 Å². The lowest BCUT2D eigenvalue weighted by Crippen LogP contribution is -2.26. The van der Waals surface area contributed by atoms with Gasteiger partial charge in [-0.15, -0.1) is 0 Å². The Hall–Kier alpha value is 0.0700. The van der Waals surface area contributed by atoms with Crippen LogP contribution in [0.3, 0.4) is 0 Å². The summed E-state index contributed by atoms with van der Waals surface area (Å²) in [6, 6.07) is 0. The molecule has 15 heavy (non-hydrogen) atoms. The number of rotatable bonds is 4. The lowest BCUT2D eigenvalue weighted by Gasteiger charge is -2.19. The second kappa shape index (κ2) is 4.93. The summed E-state index contributed by atoms with van der Waals surface area (Å²) in [6.07, 6.45) is -0.567. The van der Waals surface area contributed by atoms with E-state index in [-0.39, 0.29) is 12.7 Å². The first-order valence-electron chi connectivity index (χ1n) is 5.13. The lowest BCUT2D eigenvalue weighted by atomic mass is 10.1. The predicted molar refractivity (Wildman–Crippen MR) is 55.9 cm³/mol. The van der Waals surface area contributed by atoms with Crippen LogP contribution in [-0.4, -0.2) is 40.6 Å². The van der Waals surface area contributed by atoms with Crippen molar-refractivity contribution >= 4 is 7.60 Å².